The smallest absolute Gasteiger partial charge is 0.164 e. The average Bonchev–Trinajstić information content (AvgIpc) is 3.38. The Morgan fingerprint density at radius 1 is 1.10 bits per heavy atom. The van der Waals surface area contributed by atoms with Crippen LogP contribution in [0.25, 0.3) is 33.1 Å². The summed E-state index contributed by atoms with van der Waals surface area (Å²) in [5, 5.41) is 32.2. The predicted molar refractivity (Wildman–Crippen MR) is 107 cm³/mol. The molecule has 3 N–H and O–H groups in total. The molecule has 0 unspecified atom stereocenters. The third kappa shape index (κ3) is 2.61. The van der Waals surface area contributed by atoms with Gasteiger partial charge in [0.05, 0.1) is 17.8 Å². The van der Waals surface area contributed by atoms with Gasteiger partial charge in [-0.25, -0.2) is 9.97 Å². The van der Waals surface area contributed by atoms with Gasteiger partial charge in [-0.15, -0.1) is 0 Å². The summed E-state index contributed by atoms with van der Waals surface area (Å²) in [6.45, 7) is 1.54. The second-order valence-electron chi connectivity index (χ2n) is 7.51. The van der Waals surface area contributed by atoms with Crippen LogP contribution in [-0.4, -0.2) is 59.3 Å². The van der Waals surface area contributed by atoms with E-state index in [1.807, 2.05) is 38.5 Å². The summed E-state index contributed by atoms with van der Waals surface area (Å²) in [7, 11) is 2.00. The summed E-state index contributed by atoms with van der Waals surface area (Å²) in [5.41, 5.74) is 4.43. The van der Waals surface area contributed by atoms with Crippen LogP contribution in [0.15, 0.2) is 43.0 Å². The highest BCUT2D eigenvalue weighted by Crippen LogP contribution is 2.39. The molecule has 1 aliphatic rings. The lowest BCUT2D eigenvalue weighted by Gasteiger charge is -2.17. The van der Waals surface area contributed by atoms with Crippen molar-refractivity contribution < 1.29 is 20.1 Å². The lowest BCUT2D eigenvalue weighted by molar-refractivity contribution is -0.0508. The molecule has 8 nitrogen and oxygen atoms in total. The fourth-order valence-corrected chi connectivity index (χ4v) is 4.32. The molecule has 29 heavy (non-hydrogen) atoms. The molecule has 1 saturated heterocycles. The van der Waals surface area contributed by atoms with Gasteiger partial charge in [0.25, 0.3) is 0 Å². The van der Waals surface area contributed by atoms with E-state index in [1.165, 1.54) is 6.33 Å². The number of aromatic nitrogens is 4. The second kappa shape index (κ2) is 6.64. The summed E-state index contributed by atoms with van der Waals surface area (Å²) in [5.74, 6) is 0. The van der Waals surface area contributed by atoms with E-state index in [0.29, 0.717) is 5.65 Å². The first-order valence-corrected chi connectivity index (χ1v) is 9.50. The van der Waals surface area contributed by atoms with Crippen molar-refractivity contribution in [3.8, 4) is 11.1 Å². The van der Waals surface area contributed by atoms with Gasteiger partial charge < -0.3 is 29.2 Å². The van der Waals surface area contributed by atoms with Crippen LogP contribution in [-0.2, 0) is 11.8 Å². The van der Waals surface area contributed by atoms with Crippen LogP contribution in [0, 0.1) is 6.92 Å². The highest BCUT2D eigenvalue weighted by molar-refractivity contribution is 6.04. The fraction of sp³-hybridized carbons (Fsp3) is 0.333. The van der Waals surface area contributed by atoms with Gasteiger partial charge in [0, 0.05) is 41.3 Å². The fourth-order valence-electron chi connectivity index (χ4n) is 4.32. The Bertz CT molecular complexity index is 1210. The van der Waals surface area contributed by atoms with E-state index in [1.54, 1.807) is 4.57 Å². The summed E-state index contributed by atoms with van der Waals surface area (Å²) in [4.78, 5) is 8.81. The number of hydrogen-bond acceptors (Lipinski definition) is 6. The molecule has 150 valence electrons. The maximum absolute atomic E-state index is 10.5. The van der Waals surface area contributed by atoms with Crippen molar-refractivity contribution in [3.05, 3.63) is 48.7 Å². The summed E-state index contributed by atoms with van der Waals surface area (Å²) in [6, 6.07) is 8.18. The zero-order valence-electron chi connectivity index (χ0n) is 16.1. The quantitative estimate of drug-likeness (QED) is 0.486. The number of fused-ring (bicyclic) bond motifs is 2. The third-order valence-corrected chi connectivity index (χ3v) is 5.78. The molecule has 1 aromatic carbocycles. The predicted octanol–water partition coefficient (Wildman–Crippen LogP) is 1.51. The van der Waals surface area contributed by atoms with Crippen molar-refractivity contribution in [3.63, 3.8) is 0 Å². The van der Waals surface area contributed by atoms with Gasteiger partial charge in [0.1, 0.15) is 30.3 Å². The van der Waals surface area contributed by atoms with Gasteiger partial charge in [-0.3, -0.25) is 0 Å². The van der Waals surface area contributed by atoms with E-state index < -0.39 is 24.5 Å². The van der Waals surface area contributed by atoms with Crippen molar-refractivity contribution in [1.82, 2.24) is 19.1 Å². The topological polar surface area (TPSA) is 106 Å². The molecule has 0 radical (unpaired) electrons. The van der Waals surface area contributed by atoms with Gasteiger partial charge in [-0.2, -0.15) is 0 Å². The lowest BCUT2D eigenvalue weighted by atomic mass is 10.0. The van der Waals surface area contributed by atoms with E-state index in [0.717, 1.165) is 33.1 Å². The number of benzene rings is 1. The van der Waals surface area contributed by atoms with Gasteiger partial charge in [-0.05, 0) is 13.0 Å². The highest BCUT2D eigenvalue weighted by Gasteiger charge is 2.44. The molecule has 0 saturated carbocycles. The molecule has 1 fully saturated rings. The van der Waals surface area contributed by atoms with Gasteiger partial charge in [-0.1, -0.05) is 18.2 Å². The molecule has 0 aliphatic carbocycles. The molecule has 1 aliphatic heterocycles. The Labute approximate surface area is 166 Å². The molecule has 0 spiro atoms. The van der Waals surface area contributed by atoms with Crippen LogP contribution < -0.4 is 0 Å². The molecule has 5 rings (SSSR count). The zero-order chi connectivity index (χ0) is 20.3. The molecule has 4 aromatic rings. The number of hydrogen-bond donors (Lipinski definition) is 3. The van der Waals surface area contributed by atoms with Crippen LogP contribution in [0.3, 0.4) is 0 Å². The highest BCUT2D eigenvalue weighted by atomic mass is 16.6. The maximum Gasteiger partial charge on any atom is 0.164 e. The Morgan fingerprint density at radius 2 is 1.93 bits per heavy atom. The van der Waals surface area contributed by atoms with Crippen LogP contribution in [0.4, 0.5) is 0 Å². The molecule has 0 bridgehead atoms. The molecular formula is C21H22N4O4. The summed E-state index contributed by atoms with van der Waals surface area (Å²) in [6.07, 6.45) is 1.30. The SMILES string of the molecule is Cc1ncnc2c1c(-c1cccc3ccn(C)c13)cn2[C@@H]1O[C@H](CO)[C@@H](O)[C@H]1O. The van der Waals surface area contributed by atoms with Gasteiger partial charge in [0.2, 0.25) is 0 Å². The second-order valence-corrected chi connectivity index (χ2v) is 7.51. The minimum absolute atomic E-state index is 0.378. The number of ether oxygens (including phenoxy) is 1. The zero-order valence-corrected chi connectivity index (χ0v) is 16.1. The van der Waals surface area contributed by atoms with Crippen molar-refractivity contribution >= 4 is 21.9 Å². The number of aliphatic hydroxyl groups is 3. The lowest BCUT2D eigenvalue weighted by Crippen LogP contribution is -2.33. The monoisotopic (exact) mass is 394 g/mol. The van der Waals surface area contributed by atoms with Crippen LogP contribution in [0.2, 0.25) is 0 Å². The minimum Gasteiger partial charge on any atom is -0.394 e. The van der Waals surface area contributed by atoms with Crippen molar-refractivity contribution in [1.29, 1.82) is 0 Å². The molecular weight excluding hydrogens is 372 g/mol. The summed E-state index contributed by atoms with van der Waals surface area (Å²) < 4.78 is 9.56. The standard InChI is InChI=1S/C21H22N4O4/c1-11-16-14(13-5-3-4-12-6-7-24(2)17(12)13)8-25(20(16)23-10-22-11)21-19(28)18(27)15(9-26)29-21/h3-8,10,15,18-19,21,26-28H,9H2,1-2H3/t15-,18-,19-,21-/m1/s1. The first kappa shape index (κ1) is 18.3. The first-order valence-electron chi connectivity index (χ1n) is 9.50. The number of rotatable bonds is 3. The van der Waals surface area contributed by atoms with E-state index >= 15 is 0 Å². The van der Waals surface area contributed by atoms with Crippen LogP contribution >= 0.6 is 0 Å². The van der Waals surface area contributed by atoms with E-state index in [9.17, 15) is 15.3 Å². The average molecular weight is 394 g/mol. The van der Waals surface area contributed by atoms with E-state index in [-0.39, 0.29) is 6.61 Å². The van der Waals surface area contributed by atoms with Gasteiger partial charge >= 0.3 is 0 Å². The molecule has 8 heteroatoms. The first-order chi connectivity index (χ1) is 14.0. The molecule has 4 heterocycles. The Balaban J connectivity index is 1.77. The van der Waals surface area contributed by atoms with E-state index in [2.05, 4.69) is 26.7 Å². The Hall–Kier alpha value is -2.78. The van der Waals surface area contributed by atoms with Crippen molar-refractivity contribution in [2.24, 2.45) is 7.05 Å². The number of para-hydroxylation sites is 1. The summed E-state index contributed by atoms with van der Waals surface area (Å²) >= 11 is 0. The van der Waals surface area contributed by atoms with Crippen LogP contribution in [0.5, 0.6) is 0 Å². The number of aliphatic hydroxyl groups excluding tert-OH is 3. The normalized spacial score (nSPS) is 24.7. The molecule has 3 aromatic heterocycles. The maximum atomic E-state index is 10.5. The minimum atomic E-state index is -1.18. The Morgan fingerprint density at radius 3 is 2.69 bits per heavy atom. The van der Waals surface area contributed by atoms with Crippen LogP contribution in [0.1, 0.15) is 11.9 Å². The largest absolute Gasteiger partial charge is 0.394 e. The van der Waals surface area contributed by atoms with Crippen molar-refractivity contribution in [2.75, 3.05) is 6.61 Å². The molecule has 0 amide bonds. The van der Waals surface area contributed by atoms with E-state index in [4.69, 9.17) is 4.74 Å². The third-order valence-electron chi connectivity index (χ3n) is 5.78. The number of nitrogens with zero attached hydrogens (tertiary/aromatic N) is 4. The van der Waals surface area contributed by atoms with Crippen molar-refractivity contribution in [2.45, 2.75) is 31.5 Å². The number of aryl methyl sites for hydroxylation is 2. The van der Waals surface area contributed by atoms with Gasteiger partial charge in [0.15, 0.2) is 6.23 Å². The Kier molecular flexibility index (Phi) is 4.18. The molecule has 4 atom stereocenters.